The summed E-state index contributed by atoms with van der Waals surface area (Å²) in [5.74, 6) is -0.934. The van der Waals surface area contributed by atoms with E-state index in [1.54, 1.807) is 24.3 Å². The van der Waals surface area contributed by atoms with Gasteiger partial charge >= 0.3 is 5.97 Å². The van der Waals surface area contributed by atoms with E-state index in [4.69, 9.17) is 9.47 Å². The van der Waals surface area contributed by atoms with E-state index in [0.29, 0.717) is 17.0 Å². The van der Waals surface area contributed by atoms with Crippen molar-refractivity contribution in [2.24, 2.45) is 0 Å². The van der Waals surface area contributed by atoms with Crippen LogP contribution in [0.25, 0.3) is 0 Å². The van der Waals surface area contributed by atoms with Gasteiger partial charge in [-0.1, -0.05) is 44.2 Å². The highest BCUT2D eigenvalue weighted by Crippen LogP contribution is 2.26. The molecule has 2 atom stereocenters. The molecule has 0 aliphatic rings. The fourth-order valence-corrected chi connectivity index (χ4v) is 2.87. The van der Waals surface area contributed by atoms with Gasteiger partial charge in [-0.25, -0.2) is 0 Å². The van der Waals surface area contributed by atoms with Crippen molar-refractivity contribution >= 4 is 23.5 Å². The zero-order valence-electron chi connectivity index (χ0n) is 17.7. The SMILES string of the molecule is CCC(C)c1ccccc1NC(=O)C(C)OC(=O)CNC(=O)c1ccccc1OC. The quantitative estimate of drug-likeness (QED) is 0.615. The van der Waals surface area contributed by atoms with E-state index in [1.807, 2.05) is 24.3 Å². The number of anilines is 1. The van der Waals surface area contributed by atoms with Gasteiger partial charge in [-0.2, -0.15) is 0 Å². The molecule has 0 saturated carbocycles. The van der Waals surface area contributed by atoms with E-state index in [2.05, 4.69) is 24.5 Å². The number of ether oxygens (including phenoxy) is 2. The van der Waals surface area contributed by atoms with E-state index in [-0.39, 0.29) is 12.5 Å². The maximum atomic E-state index is 12.5. The second-order valence-corrected chi connectivity index (χ2v) is 6.90. The number of nitrogens with one attached hydrogen (secondary N) is 2. The Morgan fingerprint density at radius 3 is 2.37 bits per heavy atom. The molecule has 2 N–H and O–H groups in total. The highest BCUT2D eigenvalue weighted by Gasteiger charge is 2.20. The van der Waals surface area contributed by atoms with Crippen LogP contribution in [0.4, 0.5) is 5.69 Å². The van der Waals surface area contributed by atoms with E-state index >= 15 is 0 Å². The van der Waals surface area contributed by atoms with Gasteiger partial charge in [-0.05, 0) is 43.0 Å². The molecule has 160 valence electrons. The van der Waals surface area contributed by atoms with Crippen molar-refractivity contribution in [1.82, 2.24) is 5.32 Å². The van der Waals surface area contributed by atoms with E-state index in [1.165, 1.54) is 14.0 Å². The molecule has 0 saturated heterocycles. The average molecular weight is 412 g/mol. The number of hydrogen-bond acceptors (Lipinski definition) is 5. The number of esters is 1. The molecule has 0 aromatic heterocycles. The lowest BCUT2D eigenvalue weighted by Gasteiger charge is -2.18. The van der Waals surface area contributed by atoms with Crippen LogP contribution in [0.3, 0.4) is 0 Å². The zero-order chi connectivity index (χ0) is 22.1. The van der Waals surface area contributed by atoms with Crippen molar-refractivity contribution in [1.29, 1.82) is 0 Å². The van der Waals surface area contributed by atoms with Crippen LogP contribution in [0, 0.1) is 0 Å². The molecule has 0 radical (unpaired) electrons. The van der Waals surface area contributed by atoms with Gasteiger partial charge in [0.15, 0.2) is 6.10 Å². The Bertz CT molecular complexity index is 897. The lowest BCUT2D eigenvalue weighted by molar-refractivity contribution is -0.152. The van der Waals surface area contributed by atoms with Crippen molar-refractivity contribution in [2.45, 2.75) is 39.2 Å². The fraction of sp³-hybridized carbons (Fsp3) is 0.348. The highest BCUT2D eigenvalue weighted by atomic mass is 16.5. The molecule has 2 unspecified atom stereocenters. The summed E-state index contributed by atoms with van der Waals surface area (Å²) in [6.45, 7) is 5.28. The standard InChI is InChI=1S/C23H28N2O5/c1-5-15(2)17-10-6-8-12-19(17)25-22(27)16(3)30-21(26)14-24-23(28)18-11-7-9-13-20(18)29-4/h6-13,15-16H,5,14H2,1-4H3,(H,24,28)(H,25,27). The number of carbonyl (C=O) groups is 3. The Morgan fingerprint density at radius 1 is 1.00 bits per heavy atom. The smallest absolute Gasteiger partial charge is 0.326 e. The molecule has 2 aromatic rings. The molecule has 0 bridgehead atoms. The molecule has 0 fully saturated rings. The van der Waals surface area contributed by atoms with Crippen molar-refractivity contribution in [3.63, 3.8) is 0 Å². The number of hydrogen-bond donors (Lipinski definition) is 2. The van der Waals surface area contributed by atoms with Crippen LogP contribution in [0.15, 0.2) is 48.5 Å². The van der Waals surface area contributed by atoms with Gasteiger partial charge in [0.25, 0.3) is 11.8 Å². The number of benzene rings is 2. The lowest BCUT2D eigenvalue weighted by atomic mass is 9.97. The Labute approximate surface area is 176 Å². The number of para-hydroxylation sites is 2. The zero-order valence-corrected chi connectivity index (χ0v) is 17.7. The molecule has 2 rings (SSSR count). The second-order valence-electron chi connectivity index (χ2n) is 6.90. The molecule has 0 heterocycles. The van der Waals surface area contributed by atoms with Crippen molar-refractivity contribution in [2.75, 3.05) is 19.0 Å². The number of amides is 2. The van der Waals surface area contributed by atoms with Gasteiger partial charge in [0.2, 0.25) is 0 Å². The summed E-state index contributed by atoms with van der Waals surface area (Å²) in [5.41, 5.74) is 2.03. The number of methoxy groups -OCH3 is 1. The molecule has 0 aliphatic heterocycles. The Kier molecular flexibility index (Phi) is 8.41. The largest absolute Gasteiger partial charge is 0.496 e. The van der Waals surface area contributed by atoms with E-state index in [9.17, 15) is 14.4 Å². The molecule has 0 aliphatic carbocycles. The molecule has 30 heavy (non-hydrogen) atoms. The molecule has 7 nitrogen and oxygen atoms in total. The molecule has 2 aromatic carbocycles. The van der Waals surface area contributed by atoms with Crippen LogP contribution >= 0.6 is 0 Å². The minimum absolute atomic E-state index is 0.282. The molecule has 2 amide bonds. The Morgan fingerprint density at radius 2 is 1.67 bits per heavy atom. The van der Waals surface area contributed by atoms with E-state index < -0.39 is 23.9 Å². The predicted octanol–water partition coefficient (Wildman–Crippen LogP) is 3.51. The first-order valence-corrected chi connectivity index (χ1v) is 9.87. The third-order valence-electron chi connectivity index (χ3n) is 4.78. The van der Waals surface area contributed by atoms with Crippen LogP contribution < -0.4 is 15.4 Å². The summed E-state index contributed by atoms with van der Waals surface area (Å²) in [5, 5.41) is 5.29. The first kappa shape index (κ1) is 22.9. The summed E-state index contributed by atoms with van der Waals surface area (Å²) < 4.78 is 10.3. The fourth-order valence-electron chi connectivity index (χ4n) is 2.87. The van der Waals surface area contributed by atoms with Crippen molar-refractivity contribution in [3.05, 3.63) is 59.7 Å². The van der Waals surface area contributed by atoms with Gasteiger partial charge in [-0.15, -0.1) is 0 Å². The summed E-state index contributed by atoms with van der Waals surface area (Å²) >= 11 is 0. The molecule has 0 spiro atoms. The van der Waals surface area contributed by atoms with Crippen LogP contribution in [0.5, 0.6) is 5.75 Å². The van der Waals surface area contributed by atoms with Crippen molar-refractivity contribution < 1.29 is 23.9 Å². The van der Waals surface area contributed by atoms with Gasteiger partial charge in [0.1, 0.15) is 12.3 Å². The first-order chi connectivity index (χ1) is 14.4. The lowest BCUT2D eigenvalue weighted by Crippen LogP contribution is -2.36. The van der Waals surface area contributed by atoms with Crippen molar-refractivity contribution in [3.8, 4) is 5.75 Å². The van der Waals surface area contributed by atoms with E-state index in [0.717, 1.165) is 12.0 Å². The first-order valence-electron chi connectivity index (χ1n) is 9.87. The maximum absolute atomic E-state index is 12.5. The summed E-state index contributed by atoms with van der Waals surface area (Å²) in [6, 6.07) is 14.2. The monoisotopic (exact) mass is 412 g/mol. The maximum Gasteiger partial charge on any atom is 0.326 e. The number of carbonyl (C=O) groups excluding carboxylic acids is 3. The van der Waals surface area contributed by atoms with Gasteiger partial charge in [-0.3, -0.25) is 14.4 Å². The topological polar surface area (TPSA) is 93.7 Å². The normalized spacial score (nSPS) is 12.4. The third kappa shape index (κ3) is 6.07. The Balaban J connectivity index is 1.90. The van der Waals surface area contributed by atoms with Crippen LogP contribution in [0.1, 0.15) is 49.0 Å². The molecular weight excluding hydrogens is 384 g/mol. The summed E-state index contributed by atoms with van der Waals surface area (Å²) in [7, 11) is 1.46. The van der Waals surface area contributed by atoms with Crippen LogP contribution in [0.2, 0.25) is 0 Å². The second kappa shape index (κ2) is 11.0. The number of rotatable bonds is 9. The minimum atomic E-state index is -1.01. The predicted molar refractivity (Wildman–Crippen MR) is 115 cm³/mol. The van der Waals surface area contributed by atoms with Gasteiger partial charge < -0.3 is 20.1 Å². The van der Waals surface area contributed by atoms with Gasteiger partial charge in [0.05, 0.1) is 12.7 Å². The third-order valence-corrected chi connectivity index (χ3v) is 4.78. The van der Waals surface area contributed by atoms with Crippen LogP contribution in [-0.4, -0.2) is 37.5 Å². The molecule has 7 heteroatoms. The average Bonchev–Trinajstić information content (AvgIpc) is 2.77. The van der Waals surface area contributed by atoms with Crippen LogP contribution in [-0.2, 0) is 14.3 Å². The highest BCUT2D eigenvalue weighted by molar-refractivity contribution is 5.99. The summed E-state index contributed by atoms with van der Waals surface area (Å²) in [4.78, 5) is 36.8. The van der Waals surface area contributed by atoms with Gasteiger partial charge in [0, 0.05) is 5.69 Å². The Hall–Kier alpha value is -3.35. The minimum Gasteiger partial charge on any atom is -0.496 e. The molecular formula is C23H28N2O5. The summed E-state index contributed by atoms with van der Waals surface area (Å²) in [6.07, 6.45) is -0.0748.